The van der Waals surface area contributed by atoms with Crippen molar-refractivity contribution in [2.24, 2.45) is 0 Å². The van der Waals surface area contributed by atoms with Crippen LogP contribution in [0.1, 0.15) is 5.56 Å². The van der Waals surface area contributed by atoms with Gasteiger partial charge in [0.1, 0.15) is 0 Å². The number of methoxy groups -OCH3 is 1. The number of halogens is 3. The number of phenolic OH excluding ortho intramolecular Hbond substituents is 1. The summed E-state index contributed by atoms with van der Waals surface area (Å²) >= 11 is 21.2. The molecular formula is C18H12BrCl2N3O4S2. The number of anilines is 1. The van der Waals surface area contributed by atoms with E-state index in [-0.39, 0.29) is 25.7 Å². The Morgan fingerprint density at radius 3 is 2.70 bits per heavy atom. The number of phenols is 1. The number of carbonyl (C=O) groups is 2. The van der Waals surface area contributed by atoms with Crippen LogP contribution in [0.2, 0.25) is 10.0 Å². The summed E-state index contributed by atoms with van der Waals surface area (Å²) in [5, 5.41) is 14.0. The van der Waals surface area contributed by atoms with Crippen molar-refractivity contribution in [1.82, 2.24) is 10.4 Å². The summed E-state index contributed by atoms with van der Waals surface area (Å²) in [5.41, 5.74) is 3.39. The zero-order valence-electron chi connectivity index (χ0n) is 15.0. The molecule has 1 heterocycles. The molecule has 156 valence electrons. The Morgan fingerprint density at radius 1 is 1.30 bits per heavy atom. The molecule has 3 amide bonds. The highest BCUT2D eigenvalue weighted by molar-refractivity contribution is 9.10. The van der Waals surface area contributed by atoms with Gasteiger partial charge in [-0.3, -0.25) is 4.79 Å². The van der Waals surface area contributed by atoms with Crippen LogP contribution in [0.25, 0.3) is 6.08 Å². The highest BCUT2D eigenvalue weighted by Crippen LogP contribution is 2.38. The van der Waals surface area contributed by atoms with Crippen LogP contribution in [0.15, 0.2) is 39.7 Å². The van der Waals surface area contributed by atoms with Crippen LogP contribution < -0.4 is 15.5 Å². The minimum absolute atomic E-state index is 0.0529. The summed E-state index contributed by atoms with van der Waals surface area (Å²) in [6.45, 7) is 0. The van der Waals surface area contributed by atoms with Gasteiger partial charge in [-0.15, -0.1) is 0 Å². The van der Waals surface area contributed by atoms with Crippen LogP contribution in [0.4, 0.5) is 10.5 Å². The van der Waals surface area contributed by atoms with Crippen LogP contribution in [0.3, 0.4) is 0 Å². The first-order valence-corrected chi connectivity index (χ1v) is 10.8. The van der Waals surface area contributed by atoms with E-state index in [4.69, 9.17) is 40.2 Å². The van der Waals surface area contributed by atoms with E-state index in [0.29, 0.717) is 20.7 Å². The quantitative estimate of drug-likeness (QED) is 0.349. The van der Waals surface area contributed by atoms with Gasteiger partial charge in [0.15, 0.2) is 15.8 Å². The number of benzene rings is 2. The number of rotatable bonds is 4. The molecule has 0 spiro atoms. The lowest BCUT2D eigenvalue weighted by atomic mass is 10.2. The normalized spacial score (nSPS) is 14.9. The van der Waals surface area contributed by atoms with E-state index in [1.165, 1.54) is 19.2 Å². The van der Waals surface area contributed by atoms with Gasteiger partial charge in [-0.1, -0.05) is 35.0 Å². The maximum absolute atomic E-state index is 12.7. The second-order valence-corrected chi connectivity index (χ2v) is 9.11. The SMILES string of the molecule is COc1cc(/C=C2/SC(=S)N(NC(=O)Nc3ccc(Cl)c(Cl)c3)C2=O)cc(Br)c1O. The maximum atomic E-state index is 12.7. The van der Waals surface area contributed by atoms with Gasteiger partial charge in [-0.05, 0) is 70.1 Å². The Labute approximate surface area is 199 Å². The summed E-state index contributed by atoms with van der Waals surface area (Å²) in [6.07, 6.45) is 1.57. The molecule has 30 heavy (non-hydrogen) atoms. The molecule has 1 aliphatic rings. The lowest BCUT2D eigenvalue weighted by Gasteiger charge is -2.16. The average molecular weight is 549 g/mol. The number of hydrazine groups is 1. The van der Waals surface area contributed by atoms with E-state index in [9.17, 15) is 14.7 Å². The molecule has 2 aromatic rings. The predicted molar refractivity (Wildman–Crippen MR) is 126 cm³/mol. The first kappa shape index (κ1) is 22.7. The van der Waals surface area contributed by atoms with Crippen LogP contribution >= 0.6 is 63.1 Å². The third-order valence-electron chi connectivity index (χ3n) is 3.75. The van der Waals surface area contributed by atoms with Crippen molar-refractivity contribution >= 4 is 91.1 Å². The molecule has 3 N–H and O–H groups in total. The first-order chi connectivity index (χ1) is 14.2. The molecule has 12 heteroatoms. The minimum Gasteiger partial charge on any atom is -0.503 e. The zero-order chi connectivity index (χ0) is 22.0. The fourth-order valence-electron chi connectivity index (χ4n) is 2.38. The first-order valence-electron chi connectivity index (χ1n) is 8.06. The number of nitrogens with zero attached hydrogens (tertiary/aromatic N) is 1. The smallest absolute Gasteiger partial charge is 0.338 e. The van der Waals surface area contributed by atoms with Gasteiger partial charge in [0.2, 0.25) is 0 Å². The van der Waals surface area contributed by atoms with Crippen molar-refractivity contribution in [3.8, 4) is 11.5 Å². The molecule has 7 nitrogen and oxygen atoms in total. The van der Waals surface area contributed by atoms with Crippen molar-refractivity contribution in [1.29, 1.82) is 0 Å². The van der Waals surface area contributed by atoms with Crippen LogP contribution in [-0.4, -0.2) is 33.5 Å². The van der Waals surface area contributed by atoms with Crippen molar-refractivity contribution in [2.45, 2.75) is 0 Å². The van der Waals surface area contributed by atoms with Gasteiger partial charge in [0.25, 0.3) is 5.91 Å². The molecule has 1 aliphatic heterocycles. The minimum atomic E-state index is -0.681. The van der Waals surface area contributed by atoms with E-state index in [0.717, 1.165) is 16.8 Å². The van der Waals surface area contributed by atoms with Crippen LogP contribution in [0, 0.1) is 0 Å². The zero-order valence-corrected chi connectivity index (χ0v) is 19.8. The van der Waals surface area contributed by atoms with Gasteiger partial charge in [0.05, 0.1) is 26.5 Å². The number of nitrogens with one attached hydrogen (secondary N) is 2. The fourth-order valence-corrected chi connectivity index (χ4v) is 4.32. The standard InChI is InChI=1S/C18H12BrCl2N3O4S2/c1-28-13-5-8(4-10(19)15(13)25)6-14-16(26)24(18(29)30-14)23-17(27)22-9-2-3-11(20)12(21)7-9/h2-7,25H,1H3,(H2,22,23,27)/b14-6+. The highest BCUT2D eigenvalue weighted by Gasteiger charge is 2.33. The number of amides is 3. The third kappa shape index (κ3) is 5.01. The number of thioether (sulfide) groups is 1. The van der Waals surface area contributed by atoms with Crippen LogP contribution in [0.5, 0.6) is 11.5 Å². The predicted octanol–water partition coefficient (Wildman–Crippen LogP) is 5.41. The summed E-state index contributed by atoms with van der Waals surface area (Å²) in [7, 11) is 1.42. The highest BCUT2D eigenvalue weighted by atomic mass is 79.9. The van der Waals surface area contributed by atoms with E-state index >= 15 is 0 Å². The monoisotopic (exact) mass is 547 g/mol. The molecule has 0 bridgehead atoms. The van der Waals surface area contributed by atoms with Gasteiger partial charge >= 0.3 is 6.03 Å². The van der Waals surface area contributed by atoms with Gasteiger partial charge in [-0.25, -0.2) is 10.2 Å². The van der Waals surface area contributed by atoms with Crippen molar-refractivity contribution in [3.05, 3.63) is 55.3 Å². The Kier molecular flexibility index (Phi) is 7.14. The molecule has 0 unspecified atom stereocenters. The summed E-state index contributed by atoms with van der Waals surface area (Å²) in [4.78, 5) is 25.2. The molecule has 1 saturated heterocycles. The van der Waals surface area contributed by atoms with Gasteiger partial charge < -0.3 is 15.2 Å². The molecular weight excluding hydrogens is 537 g/mol. The van der Waals surface area contributed by atoms with Crippen molar-refractivity contribution < 1.29 is 19.4 Å². The Balaban J connectivity index is 1.74. The van der Waals surface area contributed by atoms with Gasteiger partial charge in [0, 0.05) is 5.69 Å². The fraction of sp³-hybridized carbons (Fsp3) is 0.0556. The molecule has 1 fully saturated rings. The summed E-state index contributed by atoms with van der Waals surface area (Å²) in [5.74, 6) is -0.314. The Morgan fingerprint density at radius 2 is 2.03 bits per heavy atom. The molecule has 0 aliphatic carbocycles. The molecule has 0 radical (unpaired) electrons. The average Bonchev–Trinajstić information content (AvgIpc) is 2.94. The van der Waals surface area contributed by atoms with E-state index in [1.807, 2.05) is 0 Å². The topological polar surface area (TPSA) is 90.9 Å². The van der Waals surface area contributed by atoms with Gasteiger partial charge in [-0.2, -0.15) is 5.01 Å². The molecule has 0 saturated carbocycles. The largest absolute Gasteiger partial charge is 0.503 e. The molecule has 0 aromatic heterocycles. The summed E-state index contributed by atoms with van der Waals surface area (Å²) < 4.78 is 5.66. The number of thiocarbonyl (C=S) groups is 1. The Bertz CT molecular complexity index is 1100. The third-order valence-corrected chi connectivity index (χ3v) is 6.40. The number of urea groups is 1. The molecule has 0 atom stereocenters. The molecule has 3 rings (SSSR count). The second-order valence-electron chi connectivity index (χ2n) is 5.77. The van der Waals surface area contributed by atoms with Crippen molar-refractivity contribution in [3.63, 3.8) is 0 Å². The number of carbonyl (C=O) groups excluding carboxylic acids is 2. The van der Waals surface area contributed by atoms with E-state index in [2.05, 4.69) is 26.7 Å². The second kappa shape index (κ2) is 9.44. The number of aromatic hydroxyl groups is 1. The lowest BCUT2D eigenvalue weighted by Crippen LogP contribution is -2.46. The number of hydrogen-bond acceptors (Lipinski definition) is 6. The van der Waals surface area contributed by atoms with E-state index in [1.54, 1.807) is 24.3 Å². The number of ether oxygens (including phenoxy) is 1. The lowest BCUT2D eigenvalue weighted by molar-refractivity contribution is -0.123. The Hall–Kier alpha value is -1.98. The summed E-state index contributed by atoms with van der Waals surface area (Å²) in [6, 6.07) is 7.08. The maximum Gasteiger partial charge on any atom is 0.338 e. The van der Waals surface area contributed by atoms with Crippen LogP contribution in [-0.2, 0) is 4.79 Å². The van der Waals surface area contributed by atoms with E-state index < -0.39 is 11.9 Å². The van der Waals surface area contributed by atoms with Crippen molar-refractivity contribution in [2.75, 3.05) is 12.4 Å². The molecule has 2 aromatic carbocycles. The number of hydrogen-bond donors (Lipinski definition) is 3.